The van der Waals surface area contributed by atoms with Gasteiger partial charge in [-0.15, -0.1) is 5.10 Å². The van der Waals surface area contributed by atoms with Crippen LogP contribution in [0.2, 0.25) is 0 Å². The van der Waals surface area contributed by atoms with E-state index < -0.39 is 10.8 Å². The summed E-state index contributed by atoms with van der Waals surface area (Å²) in [5, 5.41) is 13.6. The van der Waals surface area contributed by atoms with Crippen molar-refractivity contribution in [1.82, 2.24) is 30.2 Å². The summed E-state index contributed by atoms with van der Waals surface area (Å²) in [4.78, 5) is 15.9. The zero-order valence-corrected chi connectivity index (χ0v) is 19.8. The predicted molar refractivity (Wildman–Crippen MR) is 129 cm³/mol. The lowest BCUT2D eigenvalue weighted by Crippen LogP contribution is -2.37. The number of hydrogen-bond donors (Lipinski definition) is 0. The van der Waals surface area contributed by atoms with Crippen molar-refractivity contribution in [1.29, 1.82) is 0 Å². The molecule has 0 saturated carbocycles. The third kappa shape index (κ3) is 5.04. The molecule has 1 fully saturated rings. The number of aliphatic imine (C=N–C) groups is 1. The summed E-state index contributed by atoms with van der Waals surface area (Å²) in [6.07, 6.45) is 9.22. The Bertz CT molecular complexity index is 1180. The van der Waals surface area contributed by atoms with Crippen molar-refractivity contribution in [2.24, 2.45) is 10.9 Å². The van der Waals surface area contributed by atoms with Gasteiger partial charge in [-0.1, -0.05) is 13.3 Å². The molecule has 3 aromatic rings. The smallest absolute Gasteiger partial charge is 0.225 e. The molecule has 2 aromatic heterocycles. The molecule has 2 aliphatic heterocycles. The molecule has 0 N–H and O–H groups in total. The number of aryl methyl sites for hydroxylation is 1. The van der Waals surface area contributed by atoms with Crippen molar-refractivity contribution in [3.05, 3.63) is 59.7 Å². The number of hydrogen-bond acceptors (Lipinski definition) is 9. The normalized spacial score (nSPS) is 18.6. The first-order chi connectivity index (χ1) is 16.7. The van der Waals surface area contributed by atoms with Crippen LogP contribution in [0.1, 0.15) is 31.7 Å². The van der Waals surface area contributed by atoms with E-state index >= 15 is 0 Å². The second-order valence-corrected chi connectivity index (χ2v) is 9.55. The molecule has 2 aliphatic rings. The third-order valence-electron chi connectivity index (χ3n) is 5.90. The number of tetrazole rings is 1. The van der Waals surface area contributed by atoms with Crippen LogP contribution in [-0.2, 0) is 17.2 Å². The Labute approximate surface area is 200 Å². The van der Waals surface area contributed by atoms with Gasteiger partial charge in [0, 0.05) is 36.8 Å². The van der Waals surface area contributed by atoms with Crippen LogP contribution in [0.4, 0.5) is 5.95 Å². The van der Waals surface area contributed by atoms with Gasteiger partial charge < -0.3 is 9.64 Å². The van der Waals surface area contributed by atoms with E-state index in [1.807, 2.05) is 36.7 Å². The highest BCUT2D eigenvalue weighted by molar-refractivity contribution is 8.03. The van der Waals surface area contributed by atoms with Crippen molar-refractivity contribution in [3.63, 3.8) is 0 Å². The SMILES string of the molecule is CCCc1cnc(N2CCC(C3=NC(COc4ccc(-n5cnnn5)cc4)=CS3=O)CC2)nc1. The molecule has 4 heterocycles. The van der Waals surface area contributed by atoms with E-state index in [1.165, 1.54) is 11.9 Å². The molecule has 176 valence electrons. The predicted octanol–water partition coefficient (Wildman–Crippen LogP) is 2.70. The zero-order valence-electron chi connectivity index (χ0n) is 18.9. The molecular weight excluding hydrogens is 452 g/mol. The second-order valence-electron chi connectivity index (χ2n) is 8.30. The Kier molecular flexibility index (Phi) is 6.70. The standard InChI is InChI=1S/C23H26N8O2S/c1-2-3-17-12-24-23(25-13-17)30-10-8-18(9-11-30)22-27-19(15-34(22)32)14-33-21-6-4-20(5-7-21)31-16-26-28-29-31/h4-7,12-13,15-16,18H,2-3,8-11,14H2,1H3. The van der Waals surface area contributed by atoms with Crippen LogP contribution in [0, 0.1) is 5.92 Å². The number of ether oxygens (including phenoxy) is 1. The minimum Gasteiger partial charge on any atom is -0.487 e. The maximum absolute atomic E-state index is 12.7. The molecule has 1 unspecified atom stereocenters. The minimum atomic E-state index is -1.20. The lowest BCUT2D eigenvalue weighted by molar-refractivity contribution is 0.351. The molecule has 1 aromatic carbocycles. The fraction of sp³-hybridized carbons (Fsp3) is 0.391. The molecule has 34 heavy (non-hydrogen) atoms. The van der Waals surface area contributed by atoms with Gasteiger partial charge in [-0.25, -0.2) is 23.9 Å². The van der Waals surface area contributed by atoms with Crippen LogP contribution in [0.15, 0.2) is 59.1 Å². The first kappa shape index (κ1) is 22.3. The van der Waals surface area contributed by atoms with Gasteiger partial charge in [0.1, 0.15) is 23.7 Å². The Balaban J connectivity index is 1.14. The van der Waals surface area contributed by atoms with E-state index in [2.05, 4.69) is 42.3 Å². The van der Waals surface area contributed by atoms with Crippen molar-refractivity contribution < 1.29 is 8.95 Å². The van der Waals surface area contributed by atoms with Crippen LogP contribution in [0.5, 0.6) is 5.75 Å². The fourth-order valence-corrected chi connectivity index (χ4v) is 5.37. The van der Waals surface area contributed by atoms with E-state index in [0.717, 1.165) is 55.5 Å². The summed E-state index contributed by atoms with van der Waals surface area (Å²) in [5.74, 6) is 1.66. The summed E-state index contributed by atoms with van der Waals surface area (Å²) in [6.45, 7) is 4.08. The Morgan fingerprint density at radius 3 is 2.56 bits per heavy atom. The van der Waals surface area contributed by atoms with E-state index in [0.29, 0.717) is 11.4 Å². The average molecular weight is 479 g/mol. The van der Waals surface area contributed by atoms with E-state index in [1.54, 1.807) is 10.1 Å². The maximum Gasteiger partial charge on any atom is 0.225 e. The van der Waals surface area contributed by atoms with Gasteiger partial charge in [0.15, 0.2) is 0 Å². The van der Waals surface area contributed by atoms with Crippen molar-refractivity contribution >= 4 is 21.8 Å². The highest BCUT2D eigenvalue weighted by Gasteiger charge is 2.30. The van der Waals surface area contributed by atoms with Gasteiger partial charge in [-0.2, -0.15) is 0 Å². The average Bonchev–Trinajstić information content (AvgIpc) is 3.54. The quantitative estimate of drug-likeness (QED) is 0.486. The zero-order chi connectivity index (χ0) is 23.3. The van der Waals surface area contributed by atoms with Gasteiger partial charge in [0.05, 0.1) is 22.2 Å². The molecule has 10 nitrogen and oxygen atoms in total. The highest BCUT2D eigenvalue weighted by atomic mass is 32.2. The number of benzene rings is 1. The molecule has 0 amide bonds. The van der Waals surface area contributed by atoms with Crippen LogP contribution in [-0.4, -0.2) is 59.1 Å². The van der Waals surface area contributed by atoms with Gasteiger partial charge in [-0.05, 0) is 59.5 Å². The molecule has 5 rings (SSSR count). The Hall–Kier alpha value is -3.47. The molecule has 1 atom stereocenters. The lowest BCUT2D eigenvalue weighted by atomic mass is 9.98. The van der Waals surface area contributed by atoms with Gasteiger partial charge in [-0.3, -0.25) is 0 Å². The molecule has 1 saturated heterocycles. The Morgan fingerprint density at radius 1 is 1.12 bits per heavy atom. The monoisotopic (exact) mass is 478 g/mol. The molecule has 0 aliphatic carbocycles. The fourth-order valence-electron chi connectivity index (χ4n) is 4.11. The van der Waals surface area contributed by atoms with Crippen LogP contribution in [0.25, 0.3) is 5.69 Å². The first-order valence-electron chi connectivity index (χ1n) is 11.4. The number of aromatic nitrogens is 6. The van der Waals surface area contributed by atoms with Crippen molar-refractivity contribution in [2.75, 3.05) is 24.6 Å². The van der Waals surface area contributed by atoms with Crippen LogP contribution < -0.4 is 9.64 Å². The summed E-state index contributed by atoms with van der Waals surface area (Å²) in [5.41, 5.74) is 2.71. The second kappa shape index (κ2) is 10.2. The number of nitrogens with zero attached hydrogens (tertiary/aromatic N) is 8. The molecule has 0 bridgehead atoms. The topological polar surface area (TPSA) is 111 Å². The van der Waals surface area contributed by atoms with E-state index in [9.17, 15) is 4.21 Å². The van der Waals surface area contributed by atoms with Crippen molar-refractivity contribution in [3.8, 4) is 11.4 Å². The van der Waals surface area contributed by atoms with Gasteiger partial charge in [0.25, 0.3) is 0 Å². The summed E-state index contributed by atoms with van der Waals surface area (Å²) in [6, 6.07) is 7.44. The van der Waals surface area contributed by atoms with Crippen LogP contribution in [0.3, 0.4) is 0 Å². The Morgan fingerprint density at radius 2 is 1.88 bits per heavy atom. The van der Waals surface area contributed by atoms with E-state index in [4.69, 9.17) is 4.74 Å². The van der Waals surface area contributed by atoms with Gasteiger partial charge >= 0.3 is 0 Å². The van der Waals surface area contributed by atoms with Crippen molar-refractivity contribution in [2.45, 2.75) is 32.6 Å². The summed E-state index contributed by atoms with van der Waals surface area (Å²) < 4.78 is 20.1. The number of piperidine rings is 1. The lowest BCUT2D eigenvalue weighted by Gasteiger charge is -2.31. The highest BCUT2D eigenvalue weighted by Crippen LogP contribution is 2.27. The molecular formula is C23H26N8O2S. The summed E-state index contributed by atoms with van der Waals surface area (Å²) in [7, 11) is -1.20. The van der Waals surface area contributed by atoms with E-state index in [-0.39, 0.29) is 12.5 Å². The first-order valence-corrected chi connectivity index (χ1v) is 12.6. The molecule has 0 radical (unpaired) electrons. The molecule has 0 spiro atoms. The maximum atomic E-state index is 12.7. The number of rotatable bonds is 8. The van der Waals surface area contributed by atoms with Crippen LogP contribution >= 0.6 is 0 Å². The molecule has 11 heteroatoms. The third-order valence-corrected chi connectivity index (χ3v) is 7.22. The number of anilines is 1. The minimum absolute atomic E-state index is 0.195. The van der Waals surface area contributed by atoms with Gasteiger partial charge in [0.2, 0.25) is 5.95 Å². The largest absolute Gasteiger partial charge is 0.487 e. The summed E-state index contributed by atoms with van der Waals surface area (Å²) >= 11 is 0.